The largest absolute Gasteiger partial charge is 0.464 e. The summed E-state index contributed by atoms with van der Waals surface area (Å²) < 4.78 is 91.1. The molecule has 0 radical (unpaired) electrons. The van der Waals surface area contributed by atoms with Crippen molar-refractivity contribution in [3.05, 3.63) is 11.6 Å². The lowest BCUT2D eigenvalue weighted by Gasteiger charge is -2.72. The summed E-state index contributed by atoms with van der Waals surface area (Å²) in [5.41, 5.74) is -3.54. The Morgan fingerprint density at radius 3 is 1.79 bits per heavy atom. The number of esters is 4. The summed E-state index contributed by atoms with van der Waals surface area (Å²) in [4.78, 5) is 54.8. The highest BCUT2D eigenvalue weighted by Gasteiger charge is 2.73. The van der Waals surface area contributed by atoms with Gasteiger partial charge in [0.1, 0.15) is 116 Å². The van der Waals surface area contributed by atoms with Crippen LogP contribution in [0.25, 0.3) is 0 Å². The summed E-state index contributed by atoms with van der Waals surface area (Å²) in [6.07, 6.45) is -42.7. The molecule has 33 nitrogen and oxygen atoms in total. The Labute approximate surface area is 609 Å². The second-order valence-corrected chi connectivity index (χ2v) is 33.4. The first-order chi connectivity index (χ1) is 49.2. The van der Waals surface area contributed by atoms with E-state index in [4.69, 9.17) is 71.1 Å². The van der Waals surface area contributed by atoms with E-state index in [1.54, 1.807) is 0 Å². The molecule has 5 aliphatic carbocycles. The Morgan fingerprint density at radius 2 is 1.12 bits per heavy atom. The number of aliphatic hydroxyl groups excluding tert-OH is 14. The lowest BCUT2D eigenvalue weighted by molar-refractivity contribution is -0.382. The van der Waals surface area contributed by atoms with Gasteiger partial charge in [0.05, 0.1) is 44.2 Å². The molecule has 6 saturated heterocycles. The number of carbonyl (C=O) groups is 4. The van der Waals surface area contributed by atoms with Crippen LogP contribution in [0.1, 0.15) is 154 Å². The molecule has 0 spiro atoms. The average Bonchev–Trinajstić information content (AvgIpc) is 0.833. The fourth-order valence-corrected chi connectivity index (χ4v) is 19.9. The van der Waals surface area contributed by atoms with Crippen molar-refractivity contribution in [1.29, 1.82) is 0 Å². The first-order valence-corrected chi connectivity index (χ1v) is 37.2. The van der Waals surface area contributed by atoms with Crippen molar-refractivity contribution >= 4 is 23.9 Å². The van der Waals surface area contributed by atoms with E-state index in [1.807, 2.05) is 6.92 Å². The molecule has 33 heteroatoms. The van der Waals surface area contributed by atoms with Gasteiger partial charge in [-0.2, -0.15) is 0 Å². The van der Waals surface area contributed by atoms with E-state index < -0.39 is 266 Å². The van der Waals surface area contributed by atoms with Gasteiger partial charge in [0, 0.05) is 13.8 Å². The van der Waals surface area contributed by atoms with Crippen LogP contribution in [-0.2, 0) is 90.2 Å². The van der Waals surface area contributed by atoms with E-state index in [1.165, 1.54) is 13.8 Å². The van der Waals surface area contributed by atoms with E-state index in [-0.39, 0.29) is 31.3 Å². The van der Waals surface area contributed by atoms with Gasteiger partial charge in [-0.1, -0.05) is 73.5 Å². The second kappa shape index (κ2) is 31.7. The number of hydrogen-bond donors (Lipinski definition) is 14. The molecule has 4 saturated carbocycles. The third-order valence-electron chi connectivity index (χ3n) is 26.1. The van der Waals surface area contributed by atoms with Crippen LogP contribution in [0.4, 0.5) is 0 Å². The van der Waals surface area contributed by atoms with Crippen molar-refractivity contribution in [1.82, 2.24) is 0 Å². The summed E-state index contributed by atoms with van der Waals surface area (Å²) >= 11 is 0. The van der Waals surface area contributed by atoms with E-state index >= 15 is 4.79 Å². The standard InChI is InChI=1S/C72H114O33/c1-13-14-23-91-59(89)55-46(82)47(83)56(102-63-51(87)45(81)43(79)36(26-73)97-63)64(101-55)99-41-18-19-69(10)38(68(41,8)9)17-20-70(11)39(69)16-15-33-34-24-67(6,7)21-22-72(34,40(77)25-71(33,70)12)66(90)105-65-58(104-61-52(88)48(84)53(29(2)94-61)100-60-49(85)42(78)35(76)27-93-60)57(54(30(3)95-65)96-32(5)75)103-62-50(86)44(80)37(98-62)28-92-31(4)74/h15,29-30,34-58,60-65,73,76-88H,13-14,16-28H2,1-12H3/t29-,30+,34-,35+,36+,37-,38-,39+,40+,41-,42-,43-,44-,45-,46-,47-,48-,49+,50+,51+,52+,53-,54-,55-,56+,57-,58+,60-,61-,62-,63-,64+,65-,69-,70+,71+,72+/m0/s1. The first-order valence-electron chi connectivity index (χ1n) is 37.2. The van der Waals surface area contributed by atoms with Crippen molar-refractivity contribution < 1.29 is 162 Å². The highest BCUT2D eigenvalue weighted by atomic mass is 16.8. The van der Waals surface area contributed by atoms with Crippen LogP contribution in [0.5, 0.6) is 0 Å². The maximum Gasteiger partial charge on any atom is 0.338 e. The summed E-state index contributed by atoms with van der Waals surface area (Å²) in [5, 5.41) is 157. The van der Waals surface area contributed by atoms with Crippen LogP contribution >= 0.6 is 0 Å². The lowest BCUT2D eigenvalue weighted by atomic mass is 9.33. The lowest BCUT2D eigenvalue weighted by Crippen LogP contribution is -2.69. The molecule has 14 N–H and O–H groups in total. The number of unbranched alkanes of at least 4 members (excludes halogenated alkanes) is 1. The van der Waals surface area contributed by atoms with Crippen LogP contribution < -0.4 is 0 Å². The van der Waals surface area contributed by atoms with Gasteiger partial charge in [0.25, 0.3) is 0 Å². The fraction of sp³-hybridized carbons (Fsp3) is 0.917. The summed E-state index contributed by atoms with van der Waals surface area (Å²) in [7, 11) is 0. The van der Waals surface area contributed by atoms with Crippen LogP contribution in [0, 0.1) is 50.2 Å². The van der Waals surface area contributed by atoms with E-state index in [9.17, 15) is 85.9 Å². The molecule has 0 aromatic carbocycles. The Balaban J connectivity index is 0.886. The topological polar surface area (TPSA) is 490 Å². The number of fused-ring (bicyclic) bond motifs is 7. The van der Waals surface area contributed by atoms with E-state index in [0.717, 1.165) is 19.4 Å². The normalized spacial score (nSPS) is 50.2. The van der Waals surface area contributed by atoms with Gasteiger partial charge in [-0.15, -0.1) is 0 Å². The van der Waals surface area contributed by atoms with Gasteiger partial charge in [-0.05, 0) is 123 Å². The molecule has 0 aromatic rings. The van der Waals surface area contributed by atoms with Gasteiger partial charge in [0.2, 0.25) is 6.29 Å². The third-order valence-corrected chi connectivity index (χ3v) is 26.1. The summed E-state index contributed by atoms with van der Waals surface area (Å²) in [6, 6.07) is 0. The van der Waals surface area contributed by atoms with Crippen molar-refractivity contribution in [2.24, 2.45) is 50.2 Å². The van der Waals surface area contributed by atoms with Gasteiger partial charge in [0.15, 0.2) is 49.8 Å². The Hall–Kier alpha value is -3.38. The van der Waals surface area contributed by atoms with Crippen LogP contribution in [-0.4, -0.2) is 306 Å². The minimum absolute atomic E-state index is 0.00465. The molecule has 11 rings (SSSR count). The SMILES string of the molecule is CCCCOC(=O)[C@H]1O[C@@H](O[C@H]2CC[C@]3(C)[C@H]4CC=C5[C@@H]6CC(C)(C)CC[C@]6(C(=O)O[C@@H]6O[C@H](C)[C@H](OC(C)=O)[C@H](O[C@@H]7O[C@@H](COC(C)=O)[C@H](O)[C@H]7O)[C@H]6O[C@@H]6O[C@@H](C)[C@H](O[C@@H]7OC[C@@H](O)[C@H](O)[C@H]7O)[C@@H](O)[C@H]6O)[C@H](O)C[C@@]5(C)[C@]4(C)CC[C@H]3C2(C)C)[C@H](O[C@@H]2O[C@H](CO)[C@H](O)[C@H](O)[C@H]2O)[C@@H](O)[C@@H]1O. The second-order valence-electron chi connectivity index (χ2n) is 33.4. The fourth-order valence-electron chi connectivity index (χ4n) is 19.9. The molecule has 11 aliphatic rings. The highest BCUT2D eigenvalue weighted by molar-refractivity contribution is 5.80. The molecule has 10 fully saturated rings. The zero-order chi connectivity index (χ0) is 76.9. The zero-order valence-corrected chi connectivity index (χ0v) is 61.8. The zero-order valence-electron chi connectivity index (χ0n) is 61.8. The van der Waals surface area contributed by atoms with E-state index in [2.05, 4.69) is 54.5 Å². The molecular formula is C72H114O33. The highest BCUT2D eigenvalue weighted by Crippen LogP contribution is 2.76. The maximum atomic E-state index is 16.2. The predicted octanol–water partition coefficient (Wildman–Crippen LogP) is -1.59. The monoisotopic (exact) mass is 1510 g/mol. The van der Waals surface area contributed by atoms with Gasteiger partial charge >= 0.3 is 23.9 Å². The molecule has 37 atom stereocenters. The molecule has 105 heavy (non-hydrogen) atoms. The molecule has 600 valence electrons. The van der Waals surface area contributed by atoms with Gasteiger partial charge in [-0.3, -0.25) is 14.4 Å². The predicted molar refractivity (Wildman–Crippen MR) is 353 cm³/mol. The summed E-state index contributed by atoms with van der Waals surface area (Å²) in [6.45, 7) is 20.3. The van der Waals surface area contributed by atoms with Gasteiger partial charge < -0.3 is 143 Å². The molecule has 0 unspecified atom stereocenters. The van der Waals surface area contributed by atoms with Gasteiger partial charge in [-0.25, -0.2) is 4.79 Å². The molecule has 0 bridgehead atoms. The molecule has 0 amide bonds. The first kappa shape index (κ1) is 82.6. The van der Waals surface area contributed by atoms with Crippen molar-refractivity contribution in [3.63, 3.8) is 0 Å². The van der Waals surface area contributed by atoms with Crippen molar-refractivity contribution in [2.45, 2.75) is 338 Å². The molecule has 6 heterocycles. The Kier molecular flexibility index (Phi) is 24.9. The Bertz CT molecular complexity index is 3070. The smallest absolute Gasteiger partial charge is 0.338 e. The quantitative estimate of drug-likeness (QED) is 0.0215. The number of hydrogen-bond acceptors (Lipinski definition) is 33. The minimum Gasteiger partial charge on any atom is -0.464 e. The number of ether oxygens (including phenoxy) is 15. The average molecular weight is 1510 g/mol. The van der Waals surface area contributed by atoms with Crippen LogP contribution in [0.15, 0.2) is 11.6 Å². The van der Waals surface area contributed by atoms with Crippen LogP contribution in [0.3, 0.4) is 0 Å². The van der Waals surface area contributed by atoms with Crippen molar-refractivity contribution in [2.75, 3.05) is 26.4 Å². The Morgan fingerprint density at radius 1 is 0.533 bits per heavy atom. The maximum absolute atomic E-state index is 16.2. The third kappa shape index (κ3) is 15.1. The minimum atomic E-state index is -2.07. The number of rotatable bonds is 20. The molecule has 0 aromatic heterocycles. The molecule has 6 aliphatic heterocycles. The number of carbonyl (C=O) groups excluding carboxylic acids is 4. The van der Waals surface area contributed by atoms with Crippen molar-refractivity contribution in [3.8, 4) is 0 Å². The molecular weight excluding hydrogens is 1390 g/mol. The van der Waals surface area contributed by atoms with Crippen LogP contribution in [0.2, 0.25) is 0 Å². The number of aliphatic hydroxyl groups is 14. The number of allylic oxidation sites excluding steroid dienone is 2. The summed E-state index contributed by atoms with van der Waals surface area (Å²) in [5.74, 6) is -4.23. The van der Waals surface area contributed by atoms with E-state index in [0.29, 0.717) is 57.8 Å².